The first kappa shape index (κ1) is 14.3. The maximum Gasteiger partial charge on any atom is 0.0674 e. The molecule has 4 atom stereocenters. The highest BCUT2D eigenvalue weighted by Gasteiger charge is 2.35. The normalized spacial score (nSPS) is 39.5. The number of ether oxygens (including phenoxy) is 1. The van der Waals surface area contributed by atoms with Gasteiger partial charge >= 0.3 is 0 Å². The van der Waals surface area contributed by atoms with Crippen LogP contribution < -0.4 is 5.73 Å². The van der Waals surface area contributed by atoms with Crippen molar-refractivity contribution in [1.29, 1.82) is 0 Å². The average Bonchev–Trinajstić information content (AvgIpc) is 2.63. The molecule has 2 N–H and O–H groups in total. The van der Waals surface area contributed by atoms with Crippen LogP contribution in [-0.2, 0) is 4.74 Å². The Bertz CT molecular complexity index is 247. The number of morpholine rings is 1. The van der Waals surface area contributed by atoms with Crippen molar-refractivity contribution >= 4 is 0 Å². The third kappa shape index (κ3) is 3.25. The van der Waals surface area contributed by atoms with E-state index in [2.05, 4.69) is 18.7 Å². The minimum atomic E-state index is 0.384. The van der Waals surface area contributed by atoms with Gasteiger partial charge in [0.2, 0.25) is 0 Å². The number of hydrogen-bond donors (Lipinski definition) is 1. The van der Waals surface area contributed by atoms with E-state index in [0.29, 0.717) is 24.1 Å². The maximum atomic E-state index is 6.03. The fraction of sp³-hybridized carbons (Fsp3) is 1.00. The van der Waals surface area contributed by atoms with Gasteiger partial charge in [0.25, 0.3) is 0 Å². The van der Waals surface area contributed by atoms with Crippen LogP contribution >= 0.6 is 0 Å². The summed E-state index contributed by atoms with van der Waals surface area (Å²) in [4.78, 5) is 2.73. The summed E-state index contributed by atoms with van der Waals surface area (Å²) in [5, 5.41) is 0. The van der Waals surface area contributed by atoms with E-state index >= 15 is 0 Å². The lowest BCUT2D eigenvalue weighted by Gasteiger charge is -2.45. The van der Waals surface area contributed by atoms with Crippen LogP contribution in [-0.4, -0.2) is 42.8 Å². The molecule has 1 aliphatic heterocycles. The maximum absolute atomic E-state index is 6.03. The highest BCUT2D eigenvalue weighted by molar-refractivity contribution is 4.89. The second-order valence-corrected chi connectivity index (χ2v) is 6.10. The topological polar surface area (TPSA) is 38.5 Å². The average molecular weight is 254 g/mol. The van der Waals surface area contributed by atoms with Gasteiger partial charge in [-0.3, -0.25) is 4.90 Å². The largest absolute Gasteiger partial charge is 0.376 e. The molecule has 1 aliphatic carbocycles. The lowest BCUT2D eigenvalue weighted by Crippen LogP contribution is -2.55. The van der Waals surface area contributed by atoms with E-state index < -0.39 is 0 Å². The molecular weight excluding hydrogens is 224 g/mol. The van der Waals surface area contributed by atoms with Crippen molar-refractivity contribution < 1.29 is 4.74 Å². The van der Waals surface area contributed by atoms with Gasteiger partial charge in [-0.2, -0.15) is 0 Å². The molecule has 0 radical (unpaired) electrons. The number of nitrogens with zero attached hydrogens (tertiary/aromatic N) is 1. The lowest BCUT2D eigenvalue weighted by molar-refractivity contribution is -0.0820. The van der Waals surface area contributed by atoms with Crippen LogP contribution in [0.25, 0.3) is 0 Å². The Morgan fingerprint density at radius 2 is 2.00 bits per heavy atom. The van der Waals surface area contributed by atoms with Crippen molar-refractivity contribution in [2.24, 2.45) is 11.7 Å². The van der Waals surface area contributed by atoms with Crippen molar-refractivity contribution in [3.05, 3.63) is 0 Å². The first-order valence-electron chi connectivity index (χ1n) is 7.83. The standard InChI is InChI=1S/C15H30N2O/c1-3-14-11-18-12(2)10-17(14)15-8-6-4-5-7-13(15)9-16/h12-15H,3-11,16H2,1-2H3. The summed E-state index contributed by atoms with van der Waals surface area (Å²) in [5.74, 6) is 0.701. The zero-order valence-electron chi connectivity index (χ0n) is 12.1. The van der Waals surface area contributed by atoms with Gasteiger partial charge in [-0.15, -0.1) is 0 Å². The minimum absolute atomic E-state index is 0.384. The quantitative estimate of drug-likeness (QED) is 0.786. The Hall–Kier alpha value is -0.120. The zero-order valence-corrected chi connectivity index (χ0v) is 12.1. The summed E-state index contributed by atoms with van der Waals surface area (Å²) in [6, 6.07) is 1.31. The summed E-state index contributed by atoms with van der Waals surface area (Å²) < 4.78 is 5.83. The fourth-order valence-corrected chi connectivity index (χ4v) is 3.70. The Morgan fingerprint density at radius 3 is 2.72 bits per heavy atom. The summed E-state index contributed by atoms with van der Waals surface area (Å²) in [6.07, 6.45) is 8.38. The molecule has 1 heterocycles. The molecule has 2 aliphatic rings. The van der Waals surface area contributed by atoms with Crippen LogP contribution in [0.5, 0.6) is 0 Å². The van der Waals surface area contributed by atoms with Crippen LogP contribution in [0.15, 0.2) is 0 Å². The fourth-order valence-electron chi connectivity index (χ4n) is 3.70. The summed E-state index contributed by atoms with van der Waals surface area (Å²) >= 11 is 0. The monoisotopic (exact) mass is 254 g/mol. The molecule has 3 nitrogen and oxygen atoms in total. The molecule has 3 heteroatoms. The van der Waals surface area contributed by atoms with Crippen LogP contribution in [0.2, 0.25) is 0 Å². The smallest absolute Gasteiger partial charge is 0.0674 e. The van der Waals surface area contributed by atoms with Crippen LogP contribution in [0.4, 0.5) is 0 Å². The molecule has 4 unspecified atom stereocenters. The Labute approximate surface area is 112 Å². The molecular formula is C15H30N2O. The molecule has 2 fully saturated rings. The molecule has 0 aromatic rings. The van der Waals surface area contributed by atoms with Crippen molar-refractivity contribution in [3.8, 4) is 0 Å². The first-order valence-corrected chi connectivity index (χ1v) is 7.83. The Kier molecular flexibility index (Phi) is 5.46. The van der Waals surface area contributed by atoms with Crippen molar-refractivity contribution in [3.63, 3.8) is 0 Å². The molecule has 0 amide bonds. The minimum Gasteiger partial charge on any atom is -0.376 e. The molecule has 0 aromatic heterocycles. The molecule has 1 saturated heterocycles. The summed E-state index contributed by atoms with van der Waals surface area (Å²) in [6.45, 7) is 7.34. The number of hydrogen-bond acceptors (Lipinski definition) is 3. The van der Waals surface area contributed by atoms with Gasteiger partial charge in [0.05, 0.1) is 12.7 Å². The van der Waals surface area contributed by atoms with Gasteiger partial charge in [-0.1, -0.05) is 26.2 Å². The van der Waals surface area contributed by atoms with Gasteiger partial charge in [0.1, 0.15) is 0 Å². The van der Waals surface area contributed by atoms with Gasteiger partial charge in [0.15, 0.2) is 0 Å². The van der Waals surface area contributed by atoms with E-state index in [1.54, 1.807) is 0 Å². The van der Waals surface area contributed by atoms with E-state index in [1.165, 1.54) is 38.5 Å². The first-order chi connectivity index (χ1) is 8.76. The van der Waals surface area contributed by atoms with Crippen molar-refractivity contribution in [1.82, 2.24) is 4.90 Å². The third-order valence-corrected chi connectivity index (χ3v) is 4.83. The molecule has 0 spiro atoms. The Morgan fingerprint density at radius 1 is 1.22 bits per heavy atom. The van der Waals surface area contributed by atoms with E-state index in [-0.39, 0.29) is 0 Å². The second kappa shape index (κ2) is 6.88. The highest BCUT2D eigenvalue weighted by Crippen LogP contribution is 2.30. The van der Waals surface area contributed by atoms with Crippen LogP contribution in [0.1, 0.15) is 52.4 Å². The second-order valence-electron chi connectivity index (χ2n) is 6.10. The summed E-state index contributed by atoms with van der Waals surface area (Å²) in [5.41, 5.74) is 6.03. The predicted molar refractivity (Wildman–Crippen MR) is 75.6 cm³/mol. The predicted octanol–water partition coefficient (Wildman–Crippen LogP) is 2.39. The SMILES string of the molecule is CCC1COC(C)CN1C1CCCCCC1CN. The molecule has 106 valence electrons. The Balaban J connectivity index is 2.08. The highest BCUT2D eigenvalue weighted by atomic mass is 16.5. The van der Waals surface area contributed by atoms with E-state index in [0.717, 1.165) is 19.7 Å². The van der Waals surface area contributed by atoms with Crippen molar-refractivity contribution in [2.75, 3.05) is 19.7 Å². The van der Waals surface area contributed by atoms with Crippen LogP contribution in [0.3, 0.4) is 0 Å². The zero-order chi connectivity index (χ0) is 13.0. The molecule has 0 bridgehead atoms. The van der Waals surface area contributed by atoms with Gasteiger partial charge in [-0.25, -0.2) is 0 Å². The van der Waals surface area contributed by atoms with Gasteiger partial charge in [0, 0.05) is 18.6 Å². The number of nitrogens with two attached hydrogens (primary N) is 1. The van der Waals surface area contributed by atoms with E-state index in [9.17, 15) is 0 Å². The summed E-state index contributed by atoms with van der Waals surface area (Å²) in [7, 11) is 0. The van der Waals surface area contributed by atoms with Crippen LogP contribution in [0, 0.1) is 5.92 Å². The molecule has 0 aromatic carbocycles. The van der Waals surface area contributed by atoms with Crippen molar-refractivity contribution in [2.45, 2.75) is 70.6 Å². The van der Waals surface area contributed by atoms with E-state index in [4.69, 9.17) is 10.5 Å². The molecule has 1 saturated carbocycles. The van der Waals surface area contributed by atoms with Gasteiger partial charge in [-0.05, 0) is 38.6 Å². The third-order valence-electron chi connectivity index (χ3n) is 4.83. The number of rotatable bonds is 3. The molecule has 18 heavy (non-hydrogen) atoms. The van der Waals surface area contributed by atoms with Gasteiger partial charge < -0.3 is 10.5 Å². The van der Waals surface area contributed by atoms with E-state index in [1.807, 2.05) is 0 Å². The molecule has 2 rings (SSSR count). The lowest BCUT2D eigenvalue weighted by atomic mass is 9.91.